The van der Waals surface area contributed by atoms with E-state index in [0.717, 1.165) is 10.2 Å². The second kappa shape index (κ2) is 8.41. The van der Waals surface area contributed by atoms with Crippen LogP contribution in [0.5, 0.6) is 0 Å². The number of halogens is 2. The standard InChI is InChI=1S/C20H18Cl2N4O3/c21-16-6-5-13(11-17(16)22)12-18(27)23-26-20(28)15-4-2-1-3-14(15)19(24-26)25-7-9-29-10-8-25/h1-6,11H,7-10,12H2,(H,23,27). The van der Waals surface area contributed by atoms with Crippen molar-refractivity contribution in [1.82, 2.24) is 9.89 Å². The van der Waals surface area contributed by atoms with E-state index in [0.29, 0.717) is 53.1 Å². The van der Waals surface area contributed by atoms with Crippen LogP contribution in [-0.2, 0) is 16.0 Å². The Morgan fingerprint density at radius 2 is 1.79 bits per heavy atom. The number of hydrogen-bond donors (Lipinski definition) is 1. The lowest BCUT2D eigenvalue weighted by atomic mass is 10.1. The largest absolute Gasteiger partial charge is 0.378 e. The molecule has 1 aliphatic heterocycles. The number of benzene rings is 2. The van der Waals surface area contributed by atoms with Crippen LogP contribution in [0.3, 0.4) is 0 Å². The van der Waals surface area contributed by atoms with Crippen LogP contribution in [0.4, 0.5) is 5.82 Å². The van der Waals surface area contributed by atoms with Crippen LogP contribution in [-0.4, -0.2) is 42.1 Å². The predicted octanol–water partition coefficient (Wildman–Crippen LogP) is 2.85. The minimum absolute atomic E-state index is 0.0325. The Balaban J connectivity index is 1.65. The normalized spacial score (nSPS) is 14.2. The van der Waals surface area contributed by atoms with Crippen molar-refractivity contribution in [2.24, 2.45) is 0 Å². The summed E-state index contributed by atoms with van der Waals surface area (Å²) in [4.78, 5) is 28.4. The molecule has 0 unspecified atom stereocenters. The Labute approximate surface area is 176 Å². The molecule has 2 heterocycles. The van der Waals surface area contributed by atoms with E-state index in [-0.39, 0.29) is 17.9 Å². The molecule has 3 aromatic rings. The van der Waals surface area contributed by atoms with Crippen molar-refractivity contribution < 1.29 is 9.53 Å². The number of aromatic nitrogens is 2. The highest BCUT2D eigenvalue weighted by atomic mass is 35.5. The van der Waals surface area contributed by atoms with Gasteiger partial charge in [0.15, 0.2) is 5.82 Å². The molecular weight excluding hydrogens is 415 g/mol. The minimum atomic E-state index is -0.389. The fourth-order valence-electron chi connectivity index (χ4n) is 3.25. The molecule has 2 aromatic carbocycles. The number of fused-ring (bicyclic) bond motifs is 1. The van der Waals surface area contributed by atoms with E-state index in [1.807, 2.05) is 17.0 Å². The number of morpholine rings is 1. The van der Waals surface area contributed by atoms with Gasteiger partial charge in [0, 0.05) is 18.5 Å². The number of nitrogens with zero attached hydrogens (tertiary/aromatic N) is 3. The zero-order valence-corrected chi connectivity index (χ0v) is 16.9. The summed E-state index contributed by atoms with van der Waals surface area (Å²) in [6, 6.07) is 12.2. The van der Waals surface area contributed by atoms with Crippen molar-refractivity contribution >= 4 is 45.7 Å². The van der Waals surface area contributed by atoms with Crippen molar-refractivity contribution in [3.63, 3.8) is 0 Å². The third-order valence-corrected chi connectivity index (χ3v) is 5.41. The molecule has 1 fully saturated rings. The first-order valence-electron chi connectivity index (χ1n) is 9.11. The molecule has 1 saturated heterocycles. The summed E-state index contributed by atoms with van der Waals surface area (Å²) in [6.07, 6.45) is 0.0325. The van der Waals surface area contributed by atoms with Crippen LogP contribution in [0, 0.1) is 0 Å². The second-order valence-corrected chi connectivity index (χ2v) is 7.46. The maximum Gasteiger partial charge on any atom is 0.294 e. The maximum absolute atomic E-state index is 12.9. The van der Waals surface area contributed by atoms with Crippen molar-refractivity contribution in [2.45, 2.75) is 6.42 Å². The number of hydrogen-bond acceptors (Lipinski definition) is 5. The molecule has 1 N–H and O–H groups in total. The number of amides is 1. The summed E-state index contributed by atoms with van der Waals surface area (Å²) in [6.45, 7) is 2.48. The number of rotatable bonds is 4. The zero-order valence-electron chi connectivity index (χ0n) is 15.4. The number of carbonyl (C=O) groups is 1. The molecule has 1 amide bonds. The summed E-state index contributed by atoms with van der Waals surface area (Å²) in [5.74, 6) is 0.250. The van der Waals surface area contributed by atoms with Gasteiger partial charge in [-0.25, -0.2) is 5.43 Å². The van der Waals surface area contributed by atoms with E-state index in [1.165, 1.54) is 0 Å². The van der Waals surface area contributed by atoms with E-state index in [1.54, 1.807) is 30.3 Å². The molecule has 1 aromatic heterocycles. The van der Waals surface area contributed by atoms with Gasteiger partial charge in [0.1, 0.15) is 0 Å². The molecule has 150 valence electrons. The molecule has 1 aliphatic rings. The molecule has 7 nitrogen and oxygen atoms in total. The average molecular weight is 433 g/mol. The van der Waals surface area contributed by atoms with Crippen LogP contribution in [0.15, 0.2) is 47.3 Å². The lowest BCUT2D eigenvalue weighted by molar-refractivity contribution is -0.116. The second-order valence-electron chi connectivity index (χ2n) is 6.65. The minimum Gasteiger partial charge on any atom is -0.378 e. The van der Waals surface area contributed by atoms with Gasteiger partial charge >= 0.3 is 0 Å². The Morgan fingerprint density at radius 1 is 1.07 bits per heavy atom. The summed E-state index contributed by atoms with van der Waals surface area (Å²) in [7, 11) is 0. The summed E-state index contributed by atoms with van der Waals surface area (Å²) < 4.78 is 5.41. The Kier molecular flexibility index (Phi) is 5.71. The van der Waals surface area contributed by atoms with Crippen molar-refractivity contribution in [3.8, 4) is 0 Å². The zero-order chi connectivity index (χ0) is 20.4. The van der Waals surface area contributed by atoms with Gasteiger partial charge in [0.2, 0.25) is 5.91 Å². The number of anilines is 1. The van der Waals surface area contributed by atoms with Gasteiger partial charge in [-0.15, -0.1) is 9.89 Å². The molecular formula is C20H18Cl2N4O3. The number of ether oxygens (including phenoxy) is 1. The summed E-state index contributed by atoms with van der Waals surface area (Å²) >= 11 is 11.9. The Bertz CT molecular complexity index is 1130. The molecule has 0 aliphatic carbocycles. The van der Waals surface area contributed by atoms with E-state index in [2.05, 4.69) is 10.5 Å². The Morgan fingerprint density at radius 3 is 2.52 bits per heavy atom. The van der Waals surface area contributed by atoms with E-state index >= 15 is 0 Å². The maximum atomic E-state index is 12.9. The molecule has 0 radical (unpaired) electrons. The van der Waals surface area contributed by atoms with Gasteiger partial charge in [0.25, 0.3) is 5.56 Å². The highest BCUT2D eigenvalue weighted by Gasteiger charge is 2.19. The van der Waals surface area contributed by atoms with Gasteiger partial charge < -0.3 is 9.64 Å². The molecule has 0 bridgehead atoms. The van der Waals surface area contributed by atoms with Gasteiger partial charge in [0.05, 0.1) is 35.1 Å². The van der Waals surface area contributed by atoms with Gasteiger partial charge in [-0.3, -0.25) is 9.59 Å². The molecule has 29 heavy (non-hydrogen) atoms. The first-order chi connectivity index (χ1) is 14.0. The van der Waals surface area contributed by atoms with E-state index in [9.17, 15) is 9.59 Å². The molecule has 4 rings (SSSR count). The highest BCUT2D eigenvalue weighted by Crippen LogP contribution is 2.24. The highest BCUT2D eigenvalue weighted by molar-refractivity contribution is 6.42. The van der Waals surface area contributed by atoms with Gasteiger partial charge in [-0.05, 0) is 23.8 Å². The number of carbonyl (C=O) groups excluding carboxylic acids is 1. The SMILES string of the molecule is O=C(Cc1ccc(Cl)c(Cl)c1)Nn1nc(N2CCOCC2)c2ccccc2c1=O. The van der Waals surface area contributed by atoms with Crippen LogP contribution in [0.25, 0.3) is 10.8 Å². The van der Waals surface area contributed by atoms with E-state index < -0.39 is 0 Å². The van der Waals surface area contributed by atoms with Crippen LogP contribution in [0.2, 0.25) is 10.0 Å². The lowest BCUT2D eigenvalue weighted by Gasteiger charge is -2.29. The molecule has 0 saturated carbocycles. The smallest absolute Gasteiger partial charge is 0.294 e. The molecule has 0 spiro atoms. The first-order valence-corrected chi connectivity index (χ1v) is 9.87. The fraction of sp³-hybridized carbons (Fsp3) is 0.250. The topological polar surface area (TPSA) is 76.5 Å². The van der Waals surface area contributed by atoms with Crippen molar-refractivity contribution in [1.29, 1.82) is 0 Å². The fourth-order valence-corrected chi connectivity index (χ4v) is 3.57. The van der Waals surface area contributed by atoms with Crippen molar-refractivity contribution in [2.75, 3.05) is 36.6 Å². The van der Waals surface area contributed by atoms with Crippen LogP contribution < -0.4 is 15.9 Å². The van der Waals surface area contributed by atoms with Crippen LogP contribution in [0.1, 0.15) is 5.56 Å². The van der Waals surface area contributed by atoms with Gasteiger partial charge in [-0.1, -0.05) is 47.5 Å². The third-order valence-electron chi connectivity index (χ3n) is 4.68. The van der Waals surface area contributed by atoms with Crippen LogP contribution >= 0.6 is 23.2 Å². The van der Waals surface area contributed by atoms with E-state index in [4.69, 9.17) is 27.9 Å². The molecule has 9 heteroatoms. The molecule has 0 atom stereocenters. The quantitative estimate of drug-likeness (QED) is 0.685. The summed E-state index contributed by atoms with van der Waals surface area (Å²) in [5, 5.41) is 6.45. The summed E-state index contributed by atoms with van der Waals surface area (Å²) in [5.41, 5.74) is 2.88. The third kappa shape index (κ3) is 4.22. The number of nitrogens with one attached hydrogen (secondary N) is 1. The van der Waals surface area contributed by atoms with Crippen molar-refractivity contribution in [3.05, 3.63) is 68.4 Å². The lowest BCUT2D eigenvalue weighted by Crippen LogP contribution is -2.41. The first kappa shape index (κ1) is 19.7. The Hall–Kier alpha value is -2.61. The predicted molar refractivity (Wildman–Crippen MR) is 114 cm³/mol. The monoisotopic (exact) mass is 432 g/mol. The van der Waals surface area contributed by atoms with Gasteiger partial charge in [-0.2, -0.15) is 0 Å². The average Bonchev–Trinajstić information content (AvgIpc) is 2.73.